The van der Waals surface area contributed by atoms with Gasteiger partial charge in [-0.05, 0) is 173 Å². The Labute approximate surface area is 387 Å². The second-order valence-corrected chi connectivity index (χ2v) is 24.3. The molecule has 0 saturated heterocycles. The number of fused-ring (bicyclic) bond motifs is 4. The van der Waals surface area contributed by atoms with Crippen molar-refractivity contribution < 1.29 is 18.3 Å². The molecule has 2 nitrogen and oxygen atoms in total. The molecule has 65 heavy (non-hydrogen) atoms. The maximum atomic E-state index is 15.3. The van der Waals surface area contributed by atoms with Crippen LogP contribution in [0.2, 0.25) is 0 Å². The summed E-state index contributed by atoms with van der Waals surface area (Å²) in [4.78, 5) is 5.21. The number of aromatic hydroxyl groups is 1. The zero-order chi connectivity index (χ0) is 46.4. The van der Waals surface area contributed by atoms with Gasteiger partial charge in [0.05, 0.1) is 17.0 Å². The van der Waals surface area contributed by atoms with Gasteiger partial charge in [0.15, 0.2) is 0 Å². The van der Waals surface area contributed by atoms with Gasteiger partial charge in [-0.1, -0.05) is 142 Å². The van der Waals surface area contributed by atoms with Crippen LogP contribution in [0.4, 0.5) is 13.2 Å². The van der Waals surface area contributed by atoms with E-state index in [-0.39, 0.29) is 38.8 Å². The van der Waals surface area contributed by atoms with E-state index in [1.807, 2.05) is 42.5 Å². The molecule has 4 bridgehead atoms. The van der Waals surface area contributed by atoms with Crippen LogP contribution in [0.5, 0.6) is 5.75 Å². The van der Waals surface area contributed by atoms with Crippen LogP contribution in [0.3, 0.4) is 0 Å². The normalized spacial score (nSPS) is 28.3. The molecular weight excluding hydrogens is 808 g/mol. The minimum atomic E-state index is -4.62. The summed E-state index contributed by atoms with van der Waals surface area (Å²) >= 11 is 0. The molecule has 4 aliphatic rings. The van der Waals surface area contributed by atoms with Gasteiger partial charge >= 0.3 is 6.18 Å². The van der Waals surface area contributed by atoms with Crippen LogP contribution in [0.1, 0.15) is 161 Å². The minimum absolute atomic E-state index is 0.0812. The molecule has 4 aromatic carbocycles. The number of halogens is 3. The van der Waals surface area contributed by atoms with Gasteiger partial charge in [0, 0.05) is 22.3 Å². The summed E-state index contributed by atoms with van der Waals surface area (Å²) in [5.41, 5.74) is 8.56. The summed E-state index contributed by atoms with van der Waals surface area (Å²) in [7, 11) is 0. The molecule has 5 aromatic rings. The fourth-order valence-electron chi connectivity index (χ4n) is 14.2. The highest BCUT2D eigenvalue weighted by atomic mass is 19.4. The van der Waals surface area contributed by atoms with Crippen molar-refractivity contribution in [3.05, 3.63) is 119 Å². The van der Waals surface area contributed by atoms with E-state index < -0.39 is 11.7 Å². The molecule has 1 N–H and O–H groups in total. The monoisotopic (exact) mass is 880 g/mol. The van der Waals surface area contributed by atoms with E-state index in [4.69, 9.17) is 4.98 Å². The van der Waals surface area contributed by atoms with Crippen LogP contribution in [0.25, 0.3) is 44.8 Å². The Kier molecular flexibility index (Phi) is 11.6. The van der Waals surface area contributed by atoms with Crippen LogP contribution in [0.15, 0.2) is 91.0 Å². The van der Waals surface area contributed by atoms with E-state index in [1.165, 1.54) is 55.4 Å². The molecule has 4 unspecified atom stereocenters. The van der Waals surface area contributed by atoms with Gasteiger partial charge in [0.2, 0.25) is 0 Å². The first-order valence-electron chi connectivity index (χ1n) is 24.8. The summed E-state index contributed by atoms with van der Waals surface area (Å²) < 4.78 is 45.8. The van der Waals surface area contributed by atoms with Crippen molar-refractivity contribution in [2.24, 2.45) is 35.5 Å². The second kappa shape index (κ2) is 16.4. The molecule has 344 valence electrons. The van der Waals surface area contributed by atoms with Crippen LogP contribution < -0.4 is 0 Å². The SMILES string of the molecule is CC1CC2CC(C)CC(c3cc(-c4ccccc4-c4cc(C(F)(F)F)cc(-c5ccccc5-c5cc(C(C)(C)C)cc(C67CC(C)CC(CC(C)C6)C7)c5O)n4)cc(C(C)(C)C)c3)(C1)C2. The molecule has 4 atom stereocenters. The van der Waals surface area contributed by atoms with E-state index >= 15 is 13.2 Å². The number of aromatic nitrogens is 1. The summed E-state index contributed by atoms with van der Waals surface area (Å²) in [5.74, 6) is 3.98. The maximum Gasteiger partial charge on any atom is 0.416 e. The van der Waals surface area contributed by atoms with Gasteiger partial charge in [0.1, 0.15) is 5.75 Å². The Morgan fingerprint density at radius 3 is 1.45 bits per heavy atom. The molecule has 9 rings (SSSR count). The van der Waals surface area contributed by atoms with Crippen molar-refractivity contribution >= 4 is 0 Å². The van der Waals surface area contributed by atoms with E-state index in [0.29, 0.717) is 51.8 Å². The van der Waals surface area contributed by atoms with Gasteiger partial charge in [-0.3, -0.25) is 0 Å². The lowest BCUT2D eigenvalue weighted by atomic mass is 9.54. The third-order valence-corrected chi connectivity index (χ3v) is 16.4. The zero-order valence-electron chi connectivity index (χ0n) is 40.7. The Morgan fingerprint density at radius 1 is 0.492 bits per heavy atom. The summed E-state index contributed by atoms with van der Waals surface area (Å²) in [6.07, 6.45) is 7.02. The van der Waals surface area contributed by atoms with Crippen LogP contribution in [-0.4, -0.2) is 10.1 Å². The van der Waals surface area contributed by atoms with Crippen molar-refractivity contribution in [2.75, 3.05) is 0 Å². The summed E-state index contributed by atoms with van der Waals surface area (Å²) in [6, 6.07) is 29.4. The van der Waals surface area contributed by atoms with Crippen molar-refractivity contribution in [2.45, 2.75) is 161 Å². The molecule has 0 spiro atoms. The Morgan fingerprint density at radius 2 is 0.938 bits per heavy atom. The number of rotatable bonds is 6. The number of benzene rings is 4. The van der Waals surface area contributed by atoms with Gasteiger partial charge in [-0.25, -0.2) is 4.98 Å². The Hall–Kier alpha value is -4.38. The first-order valence-corrected chi connectivity index (χ1v) is 24.8. The predicted molar refractivity (Wildman–Crippen MR) is 263 cm³/mol. The third-order valence-electron chi connectivity index (χ3n) is 16.4. The number of nitrogens with zero attached hydrogens (tertiary/aromatic N) is 1. The smallest absolute Gasteiger partial charge is 0.416 e. The van der Waals surface area contributed by atoms with E-state index in [9.17, 15) is 5.11 Å². The number of hydrogen-bond acceptors (Lipinski definition) is 2. The van der Waals surface area contributed by atoms with Crippen LogP contribution in [-0.2, 0) is 27.8 Å². The highest BCUT2D eigenvalue weighted by molar-refractivity contribution is 5.88. The fraction of sp³-hybridized carbons (Fsp3) is 0.517. The number of pyridine rings is 1. The third kappa shape index (κ3) is 8.84. The topological polar surface area (TPSA) is 33.1 Å². The first-order chi connectivity index (χ1) is 30.5. The van der Waals surface area contributed by atoms with E-state index in [0.717, 1.165) is 60.3 Å². The average molecular weight is 880 g/mol. The standard InChI is InChI=1S/C60H72F3NO/c1-36-19-40-20-37(2)31-58(30-36,34-40)45-24-42(23-43(25-45)56(5,6)7)47-15-11-13-17-49(47)53-28-46(60(61,62)63)29-54(64-53)50-18-14-12-16-48(50)51-26-44(57(8,9)10)27-52(55(51)65)59-32-38(3)21-41(35-59)22-39(4)33-59/h11-18,23-29,36-41,65H,19-22,30-35H2,1-10H3. The Balaban J connectivity index is 1.22. The molecule has 1 aromatic heterocycles. The number of phenolic OH excluding ortho intramolecular Hbond substituents is 1. The largest absolute Gasteiger partial charge is 0.507 e. The molecule has 4 saturated carbocycles. The number of phenols is 1. The molecule has 1 heterocycles. The molecule has 5 heteroatoms. The molecule has 0 radical (unpaired) electrons. The van der Waals surface area contributed by atoms with Gasteiger partial charge in [-0.15, -0.1) is 0 Å². The Bertz CT molecular complexity index is 2550. The summed E-state index contributed by atoms with van der Waals surface area (Å²) in [6.45, 7) is 22.9. The zero-order valence-corrected chi connectivity index (χ0v) is 40.7. The number of hydrogen-bond donors (Lipinski definition) is 1. The van der Waals surface area contributed by atoms with Gasteiger partial charge in [-0.2, -0.15) is 13.2 Å². The van der Waals surface area contributed by atoms with Crippen molar-refractivity contribution in [1.29, 1.82) is 0 Å². The number of alkyl halides is 3. The lowest BCUT2D eigenvalue weighted by molar-refractivity contribution is -0.137. The van der Waals surface area contributed by atoms with Crippen molar-refractivity contribution in [3.8, 4) is 50.5 Å². The van der Waals surface area contributed by atoms with Gasteiger partial charge < -0.3 is 5.11 Å². The van der Waals surface area contributed by atoms with E-state index in [1.54, 1.807) is 0 Å². The first kappa shape index (κ1) is 45.8. The molecule has 4 aliphatic carbocycles. The minimum Gasteiger partial charge on any atom is -0.507 e. The fourth-order valence-corrected chi connectivity index (χ4v) is 14.2. The lowest BCUT2D eigenvalue weighted by Gasteiger charge is -2.51. The van der Waals surface area contributed by atoms with Crippen molar-refractivity contribution in [1.82, 2.24) is 4.98 Å². The maximum absolute atomic E-state index is 15.3. The average Bonchev–Trinajstić information content (AvgIpc) is 3.21. The molecule has 0 amide bonds. The quantitative estimate of drug-likeness (QED) is 0.184. The van der Waals surface area contributed by atoms with Crippen LogP contribution >= 0.6 is 0 Å². The molecule has 4 fully saturated rings. The second-order valence-electron chi connectivity index (χ2n) is 24.3. The predicted octanol–water partition coefficient (Wildman–Crippen LogP) is 17.3. The van der Waals surface area contributed by atoms with Gasteiger partial charge in [0.25, 0.3) is 0 Å². The highest BCUT2D eigenvalue weighted by Gasteiger charge is 2.48. The lowest BCUT2D eigenvalue weighted by Crippen LogP contribution is -2.42. The summed E-state index contributed by atoms with van der Waals surface area (Å²) in [5, 5.41) is 12.7. The van der Waals surface area contributed by atoms with Crippen LogP contribution in [0, 0.1) is 35.5 Å². The molecular formula is C60H72F3NO. The highest BCUT2D eigenvalue weighted by Crippen LogP contribution is 2.59. The van der Waals surface area contributed by atoms with Crippen molar-refractivity contribution in [3.63, 3.8) is 0 Å². The molecule has 0 aliphatic heterocycles. The van der Waals surface area contributed by atoms with E-state index in [2.05, 4.69) is 106 Å².